The summed E-state index contributed by atoms with van der Waals surface area (Å²) >= 11 is 0. The molecule has 1 N–H and O–H groups in total. The molecule has 1 aliphatic heterocycles. The molecule has 1 aliphatic rings. The van der Waals surface area contributed by atoms with Gasteiger partial charge < -0.3 is 4.74 Å². The van der Waals surface area contributed by atoms with Crippen molar-refractivity contribution in [1.29, 1.82) is 0 Å². The predicted molar refractivity (Wildman–Crippen MR) is 48.0 cm³/mol. The number of amides is 1. The minimum atomic E-state index is -0.353. The maximum Gasteiger partial charge on any atom is 0.272 e. The lowest BCUT2D eigenvalue weighted by atomic mass is 10.2. The van der Waals surface area contributed by atoms with Gasteiger partial charge in [0.15, 0.2) is 0 Å². The van der Waals surface area contributed by atoms with Crippen LogP contribution in [-0.2, 0) is 14.4 Å². The van der Waals surface area contributed by atoms with E-state index in [9.17, 15) is 4.79 Å². The zero-order valence-corrected chi connectivity index (χ0v) is 8.42. The molecule has 1 fully saturated rings. The third-order valence-corrected chi connectivity index (χ3v) is 1.68. The fraction of sp³-hybridized carbons (Fsp3) is 0.889. The molecule has 0 radical (unpaired) electrons. The Bertz CT molecular complexity index is 180. The average Bonchev–Trinajstić information content (AvgIpc) is 2.50. The normalized spacial score (nSPS) is 23.2. The molecule has 0 aromatic heterocycles. The van der Waals surface area contributed by atoms with Crippen molar-refractivity contribution in [2.24, 2.45) is 0 Å². The Morgan fingerprint density at radius 2 is 2.23 bits per heavy atom. The Hall–Kier alpha value is -0.610. The van der Waals surface area contributed by atoms with Gasteiger partial charge in [0.1, 0.15) is 6.10 Å². The topological polar surface area (TPSA) is 47.6 Å². The van der Waals surface area contributed by atoms with Crippen molar-refractivity contribution in [2.45, 2.75) is 45.3 Å². The van der Waals surface area contributed by atoms with Crippen LogP contribution in [0, 0.1) is 0 Å². The van der Waals surface area contributed by atoms with Gasteiger partial charge >= 0.3 is 0 Å². The molecule has 1 saturated heterocycles. The van der Waals surface area contributed by atoms with Crippen LogP contribution in [0.25, 0.3) is 0 Å². The van der Waals surface area contributed by atoms with Crippen molar-refractivity contribution in [2.75, 3.05) is 6.61 Å². The largest absolute Gasteiger partial charge is 0.368 e. The number of rotatable bonds is 2. The molecule has 1 atom stereocenters. The first-order valence-corrected chi connectivity index (χ1v) is 4.58. The average molecular weight is 187 g/mol. The molecule has 0 spiro atoms. The van der Waals surface area contributed by atoms with Crippen LogP contribution in [0.5, 0.6) is 0 Å². The number of carbonyl (C=O) groups is 1. The summed E-state index contributed by atoms with van der Waals surface area (Å²) in [7, 11) is 0. The molecular weight excluding hydrogens is 170 g/mol. The molecule has 4 heteroatoms. The van der Waals surface area contributed by atoms with Crippen molar-refractivity contribution in [3.05, 3.63) is 0 Å². The smallest absolute Gasteiger partial charge is 0.272 e. The minimum Gasteiger partial charge on any atom is -0.368 e. The van der Waals surface area contributed by atoms with Crippen LogP contribution >= 0.6 is 0 Å². The Morgan fingerprint density at radius 1 is 1.54 bits per heavy atom. The van der Waals surface area contributed by atoms with Crippen LogP contribution in [0.2, 0.25) is 0 Å². The third kappa shape index (κ3) is 3.74. The van der Waals surface area contributed by atoms with E-state index >= 15 is 0 Å². The molecule has 1 heterocycles. The maximum atomic E-state index is 11.3. The van der Waals surface area contributed by atoms with Crippen molar-refractivity contribution >= 4 is 5.91 Å². The molecule has 4 nitrogen and oxygen atoms in total. The molecule has 1 rings (SSSR count). The van der Waals surface area contributed by atoms with Crippen LogP contribution in [-0.4, -0.2) is 24.2 Å². The van der Waals surface area contributed by atoms with E-state index < -0.39 is 0 Å². The SMILES string of the molecule is CC(C)(C)ONC(=O)[C@H]1CCCO1. The highest BCUT2D eigenvalue weighted by atomic mass is 16.7. The van der Waals surface area contributed by atoms with E-state index in [2.05, 4.69) is 5.48 Å². The monoisotopic (exact) mass is 187 g/mol. The minimum absolute atomic E-state index is 0.174. The summed E-state index contributed by atoms with van der Waals surface area (Å²) in [5, 5.41) is 0. The van der Waals surface area contributed by atoms with Gasteiger partial charge in [-0.3, -0.25) is 9.63 Å². The molecule has 13 heavy (non-hydrogen) atoms. The molecule has 76 valence electrons. The van der Waals surface area contributed by atoms with Crippen molar-refractivity contribution in [3.8, 4) is 0 Å². The fourth-order valence-corrected chi connectivity index (χ4v) is 1.05. The van der Waals surface area contributed by atoms with Crippen molar-refractivity contribution in [3.63, 3.8) is 0 Å². The van der Waals surface area contributed by atoms with E-state index in [-0.39, 0.29) is 17.6 Å². The summed E-state index contributed by atoms with van der Waals surface area (Å²) in [5.41, 5.74) is 2.05. The number of hydroxylamine groups is 1. The number of carbonyl (C=O) groups excluding carboxylic acids is 1. The Morgan fingerprint density at radius 3 is 2.69 bits per heavy atom. The number of hydrogen-bond donors (Lipinski definition) is 1. The van der Waals surface area contributed by atoms with Crippen molar-refractivity contribution in [1.82, 2.24) is 5.48 Å². The highest BCUT2D eigenvalue weighted by Gasteiger charge is 2.24. The summed E-state index contributed by atoms with van der Waals surface area (Å²) in [6.07, 6.45) is 1.43. The van der Waals surface area contributed by atoms with Crippen LogP contribution in [0.1, 0.15) is 33.6 Å². The summed E-state index contributed by atoms with van der Waals surface area (Å²) in [5.74, 6) is -0.174. The lowest BCUT2D eigenvalue weighted by Gasteiger charge is -2.20. The van der Waals surface area contributed by atoms with E-state index in [0.717, 1.165) is 12.8 Å². The molecule has 0 aromatic carbocycles. The van der Waals surface area contributed by atoms with Gasteiger partial charge in [-0.25, -0.2) is 5.48 Å². The molecule has 0 bridgehead atoms. The second-order valence-electron chi connectivity index (χ2n) is 4.18. The summed E-state index contributed by atoms with van der Waals surface area (Å²) < 4.78 is 5.19. The van der Waals surface area contributed by atoms with E-state index in [4.69, 9.17) is 9.57 Å². The van der Waals surface area contributed by atoms with Gasteiger partial charge in [-0.2, -0.15) is 0 Å². The van der Waals surface area contributed by atoms with Crippen LogP contribution < -0.4 is 5.48 Å². The molecule has 0 aliphatic carbocycles. The van der Waals surface area contributed by atoms with Crippen molar-refractivity contribution < 1.29 is 14.4 Å². The zero-order chi connectivity index (χ0) is 9.90. The lowest BCUT2D eigenvalue weighted by molar-refractivity contribution is -0.154. The third-order valence-electron chi connectivity index (χ3n) is 1.68. The summed E-state index contributed by atoms with van der Waals surface area (Å²) in [4.78, 5) is 16.5. The van der Waals surface area contributed by atoms with Gasteiger partial charge in [0.2, 0.25) is 0 Å². The van der Waals surface area contributed by atoms with Gasteiger partial charge in [0, 0.05) is 6.61 Å². The highest BCUT2D eigenvalue weighted by Crippen LogP contribution is 2.12. The van der Waals surface area contributed by atoms with E-state index in [1.54, 1.807) is 0 Å². The van der Waals surface area contributed by atoms with Crippen LogP contribution in [0.4, 0.5) is 0 Å². The zero-order valence-electron chi connectivity index (χ0n) is 8.42. The fourth-order valence-electron chi connectivity index (χ4n) is 1.05. The van der Waals surface area contributed by atoms with E-state index in [1.807, 2.05) is 20.8 Å². The first-order chi connectivity index (χ1) is 5.99. The lowest BCUT2D eigenvalue weighted by Crippen LogP contribution is -2.39. The maximum absolute atomic E-state index is 11.3. The van der Waals surface area contributed by atoms with Gasteiger partial charge in [-0.1, -0.05) is 0 Å². The number of hydrogen-bond acceptors (Lipinski definition) is 3. The molecule has 0 aromatic rings. The number of ether oxygens (including phenoxy) is 1. The second-order valence-corrected chi connectivity index (χ2v) is 4.18. The van der Waals surface area contributed by atoms with Crippen LogP contribution in [0.15, 0.2) is 0 Å². The van der Waals surface area contributed by atoms with Crippen LogP contribution in [0.3, 0.4) is 0 Å². The first-order valence-electron chi connectivity index (χ1n) is 4.58. The van der Waals surface area contributed by atoms with E-state index in [1.165, 1.54) is 0 Å². The number of nitrogens with one attached hydrogen (secondary N) is 1. The molecule has 0 saturated carbocycles. The Kier molecular flexibility index (Phi) is 3.27. The molecule has 1 amide bonds. The standard InChI is InChI=1S/C9H17NO3/c1-9(2,3)13-10-8(11)7-5-4-6-12-7/h7H,4-6H2,1-3H3,(H,10,11)/t7-/m1/s1. The van der Waals surface area contributed by atoms with Gasteiger partial charge in [-0.15, -0.1) is 0 Å². The van der Waals surface area contributed by atoms with E-state index in [0.29, 0.717) is 6.61 Å². The second kappa shape index (κ2) is 4.07. The van der Waals surface area contributed by atoms with Gasteiger partial charge in [0.05, 0.1) is 5.60 Å². The highest BCUT2D eigenvalue weighted by molar-refractivity contribution is 5.79. The first kappa shape index (κ1) is 10.5. The quantitative estimate of drug-likeness (QED) is 0.656. The summed E-state index contributed by atoms with van der Waals surface area (Å²) in [6, 6.07) is 0. The molecular formula is C9H17NO3. The predicted octanol–water partition coefficient (Wildman–Crippen LogP) is 1.01. The van der Waals surface area contributed by atoms with Gasteiger partial charge in [0.25, 0.3) is 5.91 Å². The van der Waals surface area contributed by atoms with Gasteiger partial charge in [-0.05, 0) is 33.6 Å². The Balaban J connectivity index is 2.25. The molecule has 0 unspecified atom stereocenters. The summed E-state index contributed by atoms with van der Waals surface area (Å²) in [6.45, 7) is 6.31. The Labute approximate surface area is 78.5 Å².